The highest BCUT2D eigenvalue weighted by Gasteiger charge is 2.24. The third-order valence-corrected chi connectivity index (χ3v) is 3.04. The average molecular weight is 310 g/mol. The molecule has 0 aromatic carbocycles. The number of halogens is 2. The van der Waals surface area contributed by atoms with Crippen LogP contribution in [0.1, 0.15) is 53.8 Å². The molecule has 9 heteroatoms. The van der Waals surface area contributed by atoms with E-state index in [2.05, 4.69) is 25.6 Å². The van der Waals surface area contributed by atoms with Crippen LogP contribution in [0.5, 0.6) is 0 Å². The third-order valence-electron chi connectivity index (χ3n) is 3.04. The summed E-state index contributed by atoms with van der Waals surface area (Å²) in [5, 5.41) is 9.40. The number of aryl methyl sites for hydroxylation is 2. The smallest absolute Gasteiger partial charge is 0.283 e. The van der Waals surface area contributed by atoms with E-state index in [4.69, 9.17) is 0 Å². The number of rotatable bonds is 4. The highest BCUT2D eigenvalue weighted by Crippen LogP contribution is 2.25. The molecule has 0 unspecified atom stereocenters. The summed E-state index contributed by atoms with van der Waals surface area (Å²) in [4.78, 5) is 20.5. The van der Waals surface area contributed by atoms with Gasteiger partial charge in [-0.25, -0.2) is 23.4 Å². The van der Waals surface area contributed by atoms with Crippen LogP contribution in [0, 0.1) is 6.92 Å². The Morgan fingerprint density at radius 3 is 2.64 bits per heavy atom. The Labute approximate surface area is 125 Å². The predicted octanol–water partition coefficient (Wildman–Crippen LogP) is 2.23. The van der Waals surface area contributed by atoms with E-state index in [1.807, 2.05) is 13.8 Å². The van der Waals surface area contributed by atoms with Crippen molar-refractivity contribution in [2.45, 2.75) is 33.1 Å². The first kappa shape index (κ1) is 15.9. The minimum absolute atomic E-state index is 0.0149. The second kappa shape index (κ2) is 6.12. The summed E-state index contributed by atoms with van der Waals surface area (Å²) in [6, 6.07) is 0. The summed E-state index contributed by atoms with van der Waals surface area (Å²) in [5.41, 5.74) is 0.325. The molecule has 0 aliphatic rings. The van der Waals surface area contributed by atoms with E-state index in [1.165, 1.54) is 13.2 Å². The zero-order valence-corrected chi connectivity index (χ0v) is 12.6. The second-order valence-electron chi connectivity index (χ2n) is 5.07. The van der Waals surface area contributed by atoms with Crippen molar-refractivity contribution in [3.63, 3.8) is 0 Å². The number of alkyl halides is 2. The van der Waals surface area contributed by atoms with Gasteiger partial charge in [0.1, 0.15) is 11.5 Å². The van der Waals surface area contributed by atoms with E-state index in [0.717, 1.165) is 4.68 Å². The fourth-order valence-electron chi connectivity index (χ4n) is 1.98. The first-order valence-corrected chi connectivity index (χ1v) is 6.63. The van der Waals surface area contributed by atoms with Crippen molar-refractivity contribution in [3.05, 3.63) is 29.0 Å². The van der Waals surface area contributed by atoms with Crippen LogP contribution in [-0.2, 0) is 7.05 Å². The summed E-state index contributed by atoms with van der Waals surface area (Å²) >= 11 is 0. The molecule has 0 aliphatic carbocycles. The van der Waals surface area contributed by atoms with Gasteiger partial charge in [0.2, 0.25) is 0 Å². The van der Waals surface area contributed by atoms with E-state index in [9.17, 15) is 13.6 Å². The van der Waals surface area contributed by atoms with Gasteiger partial charge in [0.15, 0.2) is 5.82 Å². The summed E-state index contributed by atoms with van der Waals surface area (Å²) in [6.07, 6.45) is -1.42. The third kappa shape index (κ3) is 3.07. The summed E-state index contributed by atoms with van der Waals surface area (Å²) in [7, 11) is 1.33. The molecule has 1 N–H and O–H groups in total. The molecule has 2 heterocycles. The number of anilines is 1. The lowest BCUT2D eigenvalue weighted by Gasteiger charge is -2.11. The molecular formula is C13H16F2N6O. The Morgan fingerprint density at radius 1 is 1.36 bits per heavy atom. The largest absolute Gasteiger partial charge is 0.303 e. The van der Waals surface area contributed by atoms with Crippen molar-refractivity contribution < 1.29 is 13.6 Å². The highest BCUT2D eigenvalue weighted by atomic mass is 19.3. The maximum atomic E-state index is 13.0. The number of carbonyl (C=O) groups excluding carboxylic acids is 1. The molecule has 2 aromatic heterocycles. The van der Waals surface area contributed by atoms with Gasteiger partial charge < -0.3 is 5.32 Å². The van der Waals surface area contributed by atoms with Gasteiger partial charge in [-0.05, 0) is 12.8 Å². The molecule has 2 rings (SSSR count). The number of aromatic nitrogens is 5. The zero-order valence-electron chi connectivity index (χ0n) is 12.6. The molecular weight excluding hydrogens is 294 g/mol. The standard InChI is InChI=1S/C13H16F2N6O/c1-6(2)9-8(5-16-7(3)17-9)13(22)18-12-10(11(14)15)21(4)20-19-12/h5-6,11H,1-4H3,(H,18,22). The van der Waals surface area contributed by atoms with Gasteiger partial charge >= 0.3 is 0 Å². The SMILES string of the molecule is Cc1ncc(C(=O)Nc2nnn(C)c2C(F)F)c(C(C)C)n1. The van der Waals surface area contributed by atoms with E-state index in [0.29, 0.717) is 11.5 Å². The highest BCUT2D eigenvalue weighted by molar-refractivity contribution is 6.04. The van der Waals surface area contributed by atoms with Crippen LogP contribution in [0.15, 0.2) is 6.20 Å². The number of carbonyl (C=O) groups is 1. The maximum absolute atomic E-state index is 13.0. The first-order chi connectivity index (χ1) is 10.3. The lowest BCUT2D eigenvalue weighted by atomic mass is 10.0. The Hall–Kier alpha value is -2.45. The Morgan fingerprint density at radius 2 is 2.05 bits per heavy atom. The average Bonchev–Trinajstić information content (AvgIpc) is 2.79. The van der Waals surface area contributed by atoms with Gasteiger partial charge in [0.25, 0.3) is 12.3 Å². The van der Waals surface area contributed by atoms with Crippen molar-refractivity contribution in [2.24, 2.45) is 7.05 Å². The number of nitrogens with zero attached hydrogens (tertiary/aromatic N) is 5. The van der Waals surface area contributed by atoms with Crippen LogP contribution in [0.4, 0.5) is 14.6 Å². The van der Waals surface area contributed by atoms with E-state index in [1.54, 1.807) is 6.92 Å². The number of amides is 1. The van der Waals surface area contributed by atoms with Gasteiger partial charge in [-0.1, -0.05) is 19.1 Å². The lowest BCUT2D eigenvalue weighted by molar-refractivity contribution is 0.102. The van der Waals surface area contributed by atoms with Crippen LogP contribution in [0.25, 0.3) is 0 Å². The molecule has 118 valence electrons. The number of hydrogen-bond donors (Lipinski definition) is 1. The molecule has 22 heavy (non-hydrogen) atoms. The van der Waals surface area contributed by atoms with Gasteiger partial charge in [-0.15, -0.1) is 5.10 Å². The van der Waals surface area contributed by atoms with Crippen LogP contribution >= 0.6 is 0 Å². The Bertz CT molecular complexity index is 698. The van der Waals surface area contributed by atoms with E-state index < -0.39 is 18.0 Å². The molecule has 0 aliphatic heterocycles. The molecule has 0 fully saturated rings. The van der Waals surface area contributed by atoms with Crippen LogP contribution in [0.3, 0.4) is 0 Å². The second-order valence-corrected chi connectivity index (χ2v) is 5.07. The van der Waals surface area contributed by atoms with E-state index in [-0.39, 0.29) is 17.3 Å². The summed E-state index contributed by atoms with van der Waals surface area (Å²) in [6.45, 7) is 5.47. The monoisotopic (exact) mass is 310 g/mol. The molecule has 0 saturated heterocycles. The van der Waals surface area contributed by atoms with Gasteiger partial charge in [-0.2, -0.15) is 0 Å². The fourth-order valence-corrected chi connectivity index (χ4v) is 1.98. The number of hydrogen-bond acceptors (Lipinski definition) is 5. The molecule has 0 atom stereocenters. The minimum Gasteiger partial charge on any atom is -0.303 e. The van der Waals surface area contributed by atoms with Gasteiger partial charge in [0.05, 0.1) is 11.3 Å². The van der Waals surface area contributed by atoms with Crippen molar-refractivity contribution in [2.75, 3.05) is 5.32 Å². The molecule has 1 amide bonds. The number of nitrogens with one attached hydrogen (secondary N) is 1. The minimum atomic E-state index is -2.80. The molecule has 0 spiro atoms. The van der Waals surface area contributed by atoms with Gasteiger partial charge in [0, 0.05) is 13.2 Å². The topological polar surface area (TPSA) is 85.6 Å². The maximum Gasteiger partial charge on any atom is 0.283 e. The first-order valence-electron chi connectivity index (χ1n) is 6.63. The van der Waals surface area contributed by atoms with Crippen molar-refractivity contribution >= 4 is 11.7 Å². The normalized spacial score (nSPS) is 11.3. The molecule has 0 bridgehead atoms. The Balaban J connectivity index is 2.35. The van der Waals surface area contributed by atoms with Crippen molar-refractivity contribution in [1.29, 1.82) is 0 Å². The van der Waals surface area contributed by atoms with Crippen LogP contribution < -0.4 is 5.32 Å². The fraction of sp³-hybridized carbons (Fsp3) is 0.462. The van der Waals surface area contributed by atoms with Crippen LogP contribution in [0.2, 0.25) is 0 Å². The molecule has 0 radical (unpaired) electrons. The molecule has 2 aromatic rings. The van der Waals surface area contributed by atoms with Crippen molar-refractivity contribution in [3.8, 4) is 0 Å². The van der Waals surface area contributed by atoms with Gasteiger partial charge in [-0.3, -0.25) is 4.79 Å². The Kier molecular flexibility index (Phi) is 4.43. The quantitative estimate of drug-likeness (QED) is 0.936. The predicted molar refractivity (Wildman–Crippen MR) is 74.8 cm³/mol. The summed E-state index contributed by atoms with van der Waals surface area (Å²) < 4.78 is 26.8. The summed E-state index contributed by atoms with van der Waals surface area (Å²) in [5.74, 6) is -0.337. The molecule has 0 saturated carbocycles. The van der Waals surface area contributed by atoms with Crippen molar-refractivity contribution in [1.82, 2.24) is 25.0 Å². The molecule has 7 nitrogen and oxygen atoms in total. The lowest BCUT2D eigenvalue weighted by Crippen LogP contribution is -2.18. The van der Waals surface area contributed by atoms with Crippen LogP contribution in [-0.4, -0.2) is 30.9 Å². The zero-order chi connectivity index (χ0) is 16.4. The van der Waals surface area contributed by atoms with E-state index >= 15 is 0 Å².